The molecule has 0 saturated heterocycles. The van der Waals surface area contributed by atoms with Gasteiger partial charge in [0.1, 0.15) is 0 Å². The van der Waals surface area contributed by atoms with Crippen molar-refractivity contribution >= 4 is 11.4 Å². The highest BCUT2D eigenvalue weighted by Crippen LogP contribution is 2.17. The highest BCUT2D eigenvalue weighted by molar-refractivity contribution is 5.66. The molecule has 5 N–H and O–H groups in total. The van der Waals surface area contributed by atoms with Crippen molar-refractivity contribution in [1.29, 1.82) is 0 Å². The minimum atomic E-state index is 0. The van der Waals surface area contributed by atoms with E-state index in [0.29, 0.717) is 5.69 Å². The largest absolute Gasteiger partial charge is 0.397 e. The quantitative estimate of drug-likeness (QED) is 0.343. The molecule has 1 aromatic rings. The summed E-state index contributed by atoms with van der Waals surface area (Å²) >= 11 is 0. The van der Waals surface area contributed by atoms with Crippen molar-refractivity contribution in [2.24, 2.45) is 5.84 Å². The van der Waals surface area contributed by atoms with Crippen LogP contribution in [0.25, 0.3) is 0 Å². The normalized spacial score (nSPS) is 8.33. The van der Waals surface area contributed by atoms with Crippen LogP contribution in [-0.2, 0) is 0 Å². The number of nitrogens with two attached hydrogens (primary N) is 2. The molecule has 12 heavy (non-hydrogen) atoms. The summed E-state index contributed by atoms with van der Waals surface area (Å²) in [6.07, 6.45) is 0. The summed E-state index contributed by atoms with van der Waals surface area (Å²) in [6.45, 7) is 5.98. The molecule has 0 radical (unpaired) electrons. The Kier molecular flexibility index (Phi) is 4.88. The molecular weight excluding hydrogens is 150 g/mol. The molecule has 1 rings (SSSR count). The Labute approximate surface area is 75.2 Å². The molecule has 3 nitrogen and oxygen atoms in total. The van der Waals surface area contributed by atoms with Gasteiger partial charge in [0.15, 0.2) is 0 Å². The minimum absolute atomic E-state index is 0. The molecule has 0 bridgehead atoms. The Morgan fingerprint density at radius 2 is 1.92 bits per heavy atom. The molecule has 0 heterocycles. The van der Waals surface area contributed by atoms with Gasteiger partial charge >= 0.3 is 0 Å². The van der Waals surface area contributed by atoms with Crippen LogP contribution in [0.4, 0.5) is 11.4 Å². The maximum absolute atomic E-state index is 5.59. The number of rotatable bonds is 1. The van der Waals surface area contributed by atoms with Crippen molar-refractivity contribution in [1.82, 2.24) is 0 Å². The number of anilines is 2. The van der Waals surface area contributed by atoms with Crippen LogP contribution >= 0.6 is 0 Å². The van der Waals surface area contributed by atoms with E-state index >= 15 is 0 Å². The van der Waals surface area contributed by atoms with E-state index in [-0.39, 0.29) is 1.43 Å². The lowest BCUT2D eigenvalue weighted by Crippen LogP contribution is -2.08. The first-order chi connectivity index (χ1) is 5.74. The van der Waals surface area contributed by atoms with Crippen molar-refractivity contribution < 1.29 is 1.43 Å². The van der Waals surface area contributed by atoms with Crippen LogP contribution in [-0.4, -0.2) is 0 Å². The molecule has 3 heteroatoms. The minimum Gasteiger partial charge on any atom is -0.397 e. The van der Waals surface area contributed by atoms with E-state index in [1.54, 1.807) is 0 Å². The van der Waals surface area contributed by atoms with E-state index in [4.69, 9.17) is 11.6 Å². The van der Waals surface area contributed by atoms with Crippen molar-refractivity contribution in [3.8, 4) is 0 Å². The van der Waals surface area contributed by atoms with Crippen molar-refractivity contribution in [3.63, 3.8) is 0 Å². The molecule has 0 unspecified atom stereocenters. The lowest BCUT2D eigenvalue weighted by molar-refractivity contribution is 1.34. The molecule has 0 saturated carbocycles. The van der Waals surface area contributed by atoms with Crippen molar-refractivity contribution in [2.75, 3.05) is 11.2 Å². The summed E-state index contributed by atoms with van der Waals surface area (Å²) in [7, 11) is 0. The van der Waals surface area contributed by atoms with Gasteiger partial charge in [-0.1, -0.05) is 19.9 Å². The van der Waals surface area contributed by atoms with Gasteiger partial charge in [0.05, 0.1) is 11.4 Å². The Balaban J connectivity index is 0. The zero-order valence-electron chi connectivity index (χ0n) is 7.89. The van der Waals surface area contributed by atoms with E-state index in [1.165, 1.54) is 0 Å². The first-order valence-electron chi connectivity index (χ1n) is 4.07. The maximum Gasteiger partial charge on any atom is 0.0716 e. The third-order valence-electron chi connectivity index (χ3n) is 1.36. The van der Waals surface area contributed by atoms with Crippen LogP contribution in [0.5, 0.6) is 0 Å². The van der Waals surface area contributed by atoms with Crippen LogP contribution in [0.1, 0.15) is 20.8 Å². The molecule has 0 amide bonds. The third-order valence-corrected chi connectivity index (χ3v) is 1.36. The predicted octanol–water partition coefficient (Wildman–Crippen LogP) is 2.14. The average molecular weight is 169 g/mol. The monoisotopic (exact) mass is 169 g/mol. The molecule has 0 atom stereocenters. The number of nitrogen functional groups attached to an aromatic ring is 2. The summed E-state index contributed by atoms with van der Waals surface area (Å²) in [5, 5.41) is 0. The van der Waals surface area contributed by atoms with Crippen LogP contribution < -0.4 is 17.0 Å². The Bertz CT molecular complexity index is 238. The molecule has 0 aliphatic heterocycles. The van der Waals surface area contributed by atoms with Crippen molar-refractivity contribution in [3.05, 3.63) is 23.8 Å². The fraction of sp³-hybridized carbons (Fsp3) is 0.333. The third kappa shape index (κ3) is 2.80. The highest BCUT2D eigenvalue weighted by Gasteiger charge is 1.93. The van der Waals surface area contributed by atoms with E-state index in [2.05, 4.69) is 5.43 Å². The molecule has 0 spiro atoms. The number of nitrogens with one attached hydrogen (secondary N) is 1. The van der Waals surface area contributed by atoms with E-state index in [1.807, 2.05) is 39.0 Å². The Hall–Kier alpha value is -1.22. The summed E-state index contributed by atoms with van der Waals surface area (Å²) in [5.41, 5.74) is 10.7. The fourth-order valence-corrected chi connectivity index (χ4v) is 0.814. The molecule has 0 aliphatic rings. The Morgan fingerprint density at radius 3 is 2.33 bits per heavy atom. The molecule has 0 aliphatic carbocycles. The molecular formula is C9H19N3. The second kappa shape index (κ2) is 5.43. The van der Waals surface area contributed by atoms with Gasteiger partial charge in [-0.15, -0.1) is 0 Å². The number of benzene rings is 1. The highest BCUT2D eigenvalue weighted by atomic mass is 15.2. The Morgan fingerprint density at radius 1 is 1.33 bits per heavy atom. The lowest BCUT2D eigenvalue weighted by Gasteiger charge is -2.03. The van der Waals surface area contributed by atoms with Gasteiger partial charge in [0, 0.05) is 1.43 Å². The zero-order valence-corrected chi connectivity index (χ0v) is 7.89. The summed E-state index contributed by atoms with van der Waals surface area (Å²) in [6, 6.07) is 5.67. The number of hydrogen-bond acceptors (Lipinski definition) is 3. The summed E-state index contributed by atoms with van der Waals surface area (Å²) < 4.78 is 0. The van der Waals surface area contributed by atoms with Gasteiger partial charge in [0.2, 0.25) is 0 Å². The first-order valence-corrected chi connectivity index (χ1v) is 4.07. The number of aryl methyl sites for hydroxylation is 1. The van der Waals surface area contributed by atoms with E-state index in [0.717, 1.165) is 11.3 Å². The smallest absolute Gasteiger partial charge is 0.0716 e. The second-order valence-electron chi connectivity index (χ2n) is 2.24. The molecule has 0 aromatic heterocycles. The summed E-state index contributed by atoms with van der Waals surface area (Å²) in [4.78, 5) is 0. The van der Waals surface area contributed by atoms with Gasteiger partial charge in [0.25, 0.3) is 0 Å². The molecule has 1 aromatic carbocycles. The van der Waals surface area contributed by atoms with Gasteiger partial charge in [-0.3, -0.25) is 5.84 Å². The van der Waals surface area contributed by atoms with E-state index in [9.17, 15) is 0 Å². The van der Waals surface area contributed by atoms with E-state index < -0.39 is 0 Å². The van der Waals surface area contributed by atoms with Crippen LogP contribution in [0.3, 0.4) is 0 Å². The number of hydrazine groups is 1. The van der Waals surface area contributed by atoms with Crippen LogP contribution in [0, 0.1) is 6.92 Å². The topological polar surface area (TPSA) is 64.1 Å². The average Bonchev–Trinajstić information content (AvgIpc) is 2.08. The fourth-order valence-electron chi connectivity index (χ4n) is 0.814. The predicted molar refractivity (Wildman–Crippen MR) is 56.9 cm³/mol. The van der Waals surface area contributed by atoms with Crippen LogP contribution in [0.2, 0.25) is 0 Å². The number of hydrogen-bond donors (Lipinski definition) is 3. The van der Waals surface area contributed by atoms with Gasteiger partial charge in [-0.05, 0) is 24.6 Å². The van der Waals surface area contributed by atoms with Crippen molar-refractivity contribution in [2.45, 2.75) is 20.8 Å². The van der Waals surface area contributed by atoms with Gasteiger partial charge < -0.3 is 11.2 Å². The molecule has 0 fully saturated rings. The SMILES string of the molecule is CC.Cc1ccc(NN)c(N)c1.[HH]. The van der Waals surface area contributed by atoms with Crippen LogP contribution in [0.15, 0.2) is 18.2 Å². The summed E-state index contributed by atoms with van der Waals surface area (Å²) in [5.74, 6) is 5.17. The second-order valence-corrected chi connectivity index (χ2v) is 2.24. The van der Waals surface area contributed by atoms with Gasteiger partial charge in [-0.2, -0.15) is 0 Å². The standard InChI is InChI=1S/C7H11N3.C2H6.H2/c1-5-2-3-7(10-9)6(8)4-5;1-2;/h2-4,10H,8-9H2,1H3;1-2H3;1H. The molecule has 70 valence electrons. The lowest BCUT2D eigenvalue weighted by atomic mass is 10.2. The first kappa shape index (κ1) is 10.8. The maximum atomic E-state index is 5.59. The van der Waals surface area contributed by atoms with Gasteiger partial charge in [-0.25, -0.2) is 0 Å². The zero-order chi connectivity index (χ0) is 9.56.